The second kappa shape index (κ2) is 5.26. The van der Waals surface area contributed by atoms with Crippen LogP contribution in [0.2, 0.25) is 0 Å². The molecule has 0 saturated carbocycles. The number of hydrogen-bond donors (Lipinski definition) is 1. The maximum absolute atomic E-state index is 12.2. The summed E-state index contributed by atoms with van der Waals surface area (Å²) in [7, 11) is 0. The van der Waals surface area contributed by atoms with Gasteiger partial charge in [-0.1, -0.05) is 41.7 Å². The molecule has 0 spiro atoms. The number of rotatable bonds is 3. The monoisotopic (exact) mass is 285 g/mol. The Hall–Kier alpha value is -2.47. The maximum Gasteiger partial charge on any atom is 0.293 e. The lowest BCUT2D eigenvalue weighted by molar-refractivity contribution is 0.0997. The molecule has 100 valence electrons. The van der Waals surface area contributed by atoms with Crippen molar-refractivity contribution in [3.8, 4) is 11.1 Å². The molecule has 0 aliphatic heterocycles. The van der Waals surface area contributed by atoms with Gasteiger partial charge in [-0.25, -0.2) is 0 Å². The number of furan rings is 1. The molecule has 3 aromatic rings. The molecule has 1 aromatic carbocycles. The van der Waals surface area contributed by atoms with Crippen LogP contribution in [0.15, 0.2) is 47.1 Å². The lowest BCUT2D eigenvalue weighted by Gasteiger charge is -2.02. The van der Waals surface area contributed by atoms with Gasteiger partial charge in [0.15, 0.2) is 5.76 Å². The summed E-state index contributed by atoms with van der Waals surface area (Å²) in [5.41, 5.74) is 1.68. The first-order valence-electron chi connectivity index (χ1n) is 5.98. The van der Waals surface area contributed by atoms with Crippen LogP contribution in [-0.2, 0) is 0 Å². The summed E-state index contributed by atoms with van der Waals surface area (Å²) in [5, 5.41) is 11.7. The van der Waals surface area contributed by atoms with Gasteiger partial charge in [0.05, 0.1) is 6.26 Å². The van der Waals surface area contributed by atoms with Crippen LogP contribution in [0.25, 0.3) is 11.1 Å². The Labute approximate surface area is 119 Å². The quantitative estimate of drug-likeness (QED) is 0.801. The number of aryl methyl sites for hydroxylation is 1. The molecule has 0 bridgehead atoms. The zero-order valence-corrected chi connectivity index (χ0v) is 11.5. The number of carbonyl (C=O) groups is 1. The molecule has 0 saturated heterocycles. The fraction of sp³-hybridized carbons (Fsp3) is 0.0714. The van der Waals surface area contributed by atoms with Crippen molar-refractivity contribution in [2.24, 2.45) is 0 Å². The molecule has 6 heteroatoms. The molecule has 3 rings (SSSR count). The normalized spacial score (nSPS) is 10.4. The fourth-order valence-corrected chi connectivity index (χ4v) is 2.42. The zero-order chi connectivity index (χ0) is 13.9. The van der Waals surface area contributed by atoms with Gasteiger partial charge in [-0.3, -0.25) is 10.1 Å². The third-order valence-corrected chi connectivity index (χ3v) is 3.46. The minimum atomic E-state index is -0.329. The molecule has 1 amide bonds. The number of anilines is 1. The average molecular weight is 285 g/mol. The fourth-order valence-electron chi connectivity index (χ4n) is 1.83. The first kappa shape index (κ1) is 12.6. The molecule has 20 heavy (non-hydrogen) atoms. The first-order chi connectivity index (χ1) is 9.74. The molecule has 0 unspecified atom stereocenters. The topological polar surface area (TPSA) is 68.0 Å². The predicted octanol–water partition coefficient (Wildman–Crippen LogP) is 3.36. The Morgan fingerprint density at radius 1 is 1.20 bits per heavy atom. The summed E-state index contributed by atoms with van der Waals surface area (Å²) in [4.78, 5) is 12.2. The van der Waals surface area contributed by atoms with E-state index in [4.69, 9.17) is 4.42 Å². The zero-order valence-electron chi connectivity index (χ0n) is 10.7. The first-order valence-corrected chi connectivity index (χ1v) is 6.80. The van der Waals surface area contributed by atoms with E-state index in [1.165, 1.54) is 17.6 Å². The van der Waals surface area contributed by atoms with E-state index in [9.17, 15) is 4.79 Å². The molecule has 0 radical (unpaired) electrons. The molecule has 0 aliphatic carbocycles. The summed E-state index contributed by atoms with van der Waals surface area (Å²) < 4.78 is 5.30. The number of carbonyl (C=O) groups excluding carboxylic acids is 1. The lowest BCUT2D eigenvalue weighted by Crippen LogP contribution is -2.11. The van der Waals surface area contributed by atoms with Gasteiger partial charge >= 0.3 is 0 Å². The van der Waals surface area contributed by atoms with E-state index in [2.05, 4.69) is 15.5 Å². The minimum absolute atomic E-state index is 0.268. The van der Waals surface area contributed by atoms with Crippen LogP contribution in [-0.4, -0.2) is 16.1 Å². The second-order valence-electron chi connectivity index (χ2n) is 4.11. The van der Waals surface area contributed by atoms with E-state index in [0.717, 1.165) is 16.1 Å². The smallest absolute Gasteiger partial charge is 0.293 e. The summed E-state index contributed by atoms with van der Waals surface area (Å²) in [6, 6.07) is 11.4. The van der Waals surface area contributed by atoms with Crippen molar-refractivity contribution in [2.75, 3.05) is 5.32 Å². The van der Waals surface area contributed by atoms with Gasteiger partial charge in [0.1, 0.15) is 5.01 Å². The number of hydrogen-bond acceptors (Lipinski definition) is 5. The minimum Gasteiger partial charge on any atom is -0.459 e. The van der Waals surface area contributed by atoms with E-state index in [1.807, 2.05) is 37.3 Å². The molecule has 1 N–H and O–H groups in total. The molecule has 5 nitrogen and oxygen atoms in total. The standard InChI is InChI=1S/C14H11N3O2S/c1-9-16-17-14(20-9)15-13(18)12-11(7-8-19-12)10-5-3-2-4-6-10/h2-8H,1H3,(H,15,17,18). The molecular formula is C14H11N3O2S. The number of nitrogens with one attached hydrogen (secondary N) is 1. The number of amides is 1. The number of nitrogens with zero attached hydrogens (tertiary/aromatic N) is 2. The third kappa shape index (κ3) is 2.46. The number of aromatic nitrogens is 2. The van der Waals surface area contributed by atoms with Crippen molar-refractivity contribution in [2.45, 2.75) is 6.92 Å². The van der Waals surface area contributed by atoms with Crippen LogP contribution in [0.5, 0.6) is 0 Å². The van der Waals surface area contributed by atoms with Gasteiger partial charge in [0.25, 0.3) is 5.91 Å². The van der Waals surface area contributed by atoms with E-state index in [-0.39, 0.29) is 11.7 Å². The lowest BCUT2D eigenvalue weighted by atomic mass is 10.1. The van der Waals surface area contributed by atoms with Crippen LogP contribution < -0.4 is 5.32 Å². The molecule has 0 aliphatic rings. The Bertz CT molecular complexity index is 734. The van der Waals surface area contributed by atoms with Gasteiger partial charge in [-0.2, -0.15) is 0 Å². The highest BCUT2D eigenvalue weighted by atomic mass is 32.1. The highest BCUT2D eigenvalue weighted by Crippen LogP contribution is 2.25. The SMILES string of the molecule is Cc1nnc(NC(=O)c2occc2-c2ccccc2)s1. The average Bonchev–Trinajstić information content (AvgIpc) is 3.09. The predicted molar refractivity (Wildman–Crippen MR) is 76.7 cm³/mol. The van der Waals surface area contributed by atoms with Crippen LogP contribution in [0.3, 0.4) is 0 Å². The molecule has 0 atom stereocenters. The van der Waals surface area contributed by atoms with Gasteiger partial charge in [-0.05, 0) is 18.6 Å². The van der Waals surface area contributed by atoms with Crippen molar-refractivity contribution in [3.63, 3.8) is 0 Å². The van der Waals surface area contributed by atoms with Crippen molar-refractivity contribution in [1.82, 2.24) is 10.2 Å². The summed E-state index contributed by atoms with van der Waals surface area (Å²) in [6.45, 7) is 1.83. The van der Waals surface area contributed by atoms with E-state index >= 15 is 0 Å². The van der Waals surface area contributed by atoms with Crippen molar-refractivity contribution in [3.05, 3.63) is 53.4 Å². The molecular weight excluding hydrogens is 274 g/mol. The number of benzene rings is 1. The second-order valence-corrected chi connectivity index (χ2v) is 5.29. The van der Waals surface area contributed by atoms with E-state index in [0.29, 0.717) is 5.13 Å². The van der Waals surface area contributed by atoms with E-state index < -0.39 is 0 Å². The van der Waals surface area contributed by atoms with Crippen molar-refractivity contribution in [1.29, 1.82) is 0 Å². The summed E-state index contributed by atoms with van der Waals surface area (Å²) >= 11 is 1.32. The van der Waals surface area contributed by atoms with Crippen LogP contribution >= 0.6 is 11.3 Å². The van der Waals surface area contributed by atoms with Crippen LogP contribution in [0, 0.1) is 6.92 Å². The van der Waals surface area contributed by atoms with Crippen molar-refractivity contribution < 1.29 is 9.21 Å². The Morgan fingerprint density at radius 2 is 2.00 bits per heavy atom. The van der Waals surface area contributed by atoms with Crippen molar-refractivity contribution >= 4 is 22.4 Å². The Kier molecular flexibility index (Phi) is 3.30. The molecule has 0 fully saturated rings. The van der Waals surface area contributed by atoms with E-state index in [1.54, 1.807) is 6.07 Å². The summed E-state index contributed by atoms with van der Waals surface area (Å²) in [6.07, 6.45) is 1.50. The maximum atomic E-state index is 12.2. The highest BCUT2D eigenvalue weighted by molar-refractivity contribution is 7.15. The molecule has 2 heterocycles. The third-order valence-electron chi connectivity index (χ3n) is 2.70. The van der Waals surface area contributed by atoms with Crippen LogP contribution in [0.4, 0.5) is 5.13 Å². The summed E-state index contributed by atoms with van der Waals surface area (Å²) in [5.74, 6) is -0.0611. The Balaban J connectivity index is 1.88. The largest absolute Gasteiger partial charge is 0.459 e. The highest BCUT2D eigenvalue weighted by Gasteiger charge is 2.18. The van der Waals surface area contributed by atoms with Gasteiger partial charge < -0.3 is 4.42 Å². The Morgan fingerprint density at radius 3 is 2.70 bits per heavy atom. The van der Waals surface area contributed by atoms with Crippen LogP contribution in [0.1, 0.15) is 15.6 Å². The van der Waals surface area contributed by atoms with Gasteiger partial charge in [-0.15, -0.1) is 10.2 Å². The van der Waals surface area contributed by atoms with Gasteiger partial charge in [0, 0.05) is 5.56 Å². The molecule has 2 aromatic heterocycles. The van der Waals surface area contributed by atoms with Gasteiger partial charge in [0.2, 0.25) is 5.13 Å².